The molecule has 1 heterocycles. The molecule has 1 atom stereocenters. The molecule has 1 aliphatic rings. The first-order chi connectivity index (χ1) is 14.3. The largest absolute Gasteiger partial charge is 0.147 e. The average molecular weight is 544 g/mol. The van der Waals surface area contributed by atoms with Crippen LogP contribution < -0.4 is 8.85 Å². The normalized spacial score (nSPS) is 15.7. The van der Waals surface area contributed by atoms with Crippen molar-refractivity contribution in [2.75, 3.05) is 0 Å². The van der Waals surface area contributed by atoms with Crippen LogP contribution in [0.3, 0.4) is 0 Å². The molecule has 1 aromatic heterocycles. The van der Waals surface area contributed by atoms with Crippen LogP contribution in [0.15, 0.2) is 59.2 Å². The first kappa shape index (κ1) is 26.6. The van der Waals surface area contributed by atoms with Crippen molar-refractivity contribution in [1.29, 1.82) is 0 Å². The summed E-state index contributed by atoms with van der Waals surface area (Å²) < 4.78 is 73.8. The van der Waals surface area contributed by atoms with Gasteiger partial charge < -0.3 is 0 Å². The molecule has 3 aromatic rings. The van der Waals surface area contributed by atoms with E-state index in [0.717, 1.165) is 9.82 Å². The Morgan fingerprint density at radius 1 is 0.844 bits per heavy atom. The third kappa shape index (κ3) is 3.82. The molecule has 0 aliphatic heterocycles. The maximum absolute atomic E-state index is 15.3. The van der Waals surface area contributed by atoms with E-state index in [2.05, 4.69) is 4.98 Å². The van der Waals surface area contributed by atoms with Crippen LogP contribution in [-0.4, -0.2) is 12.3 Å². The van der Waals surface area contributed by atoms with Gasteiger partial charge in [0.2, 0.25) is 0 Å². The molecule has 1 aliphatic carbocycles. The summed E-state index contributed by atoms with van der Waals surface area (Å²) in [7, 11) is -2.08. The summed E-state index contributed by atoms with van der Waals surface area (Å²) in [5, 5.41) is 0.765. The SMILES string of the molecule is C[SiH](C)[Cr]([C]1=CC=CC1)([c]1c(F)c(F)c(F)c(F)c1F)[c]1cccc2cccnc12.Cl.Cl. The second-order valence-corrected chi connectivity index (χ2v) is 20.8. The fourth-order valence-corrected chi connectivity index (χ4v) is 20.0. The van der Waals surface area contributed by atoms with Crippen molar-refractivity contribution in [3.63, 3.8) is 0 Å². The first-order valence-electron chi connectivity index (χ1n) is 9.35. The Labute approximate surface area is 198 Å². The smallest absolute Gasteiger partial charge is 0.147 e. The van der Waals surface area contributed by atoms with E-state index in [1.165, 1.54) is 0 Å². The Bertz CT molecular complexity index is 1200. The van der Waals surface area contributed by atoms with Gasteiger partial charge in [-0.15, -0.1) is 24.8 Å². The third-order valence-corrected chi connectivity index (χ3v) is 21.5. The van der Waals surface area contributed by atoms with Crippen molar-refractivity contribution in [2.45, 2.75) is 19.5 Å². The number of hydrogen-bond acceptors (Lipinski definition) is 1. The van der Waals surface area contributed by atoms with Crippen molar-refractivity contribution in [1.82, 2.24) is 4.98 Å². The van der Waals surface area contributed by atoms with Gasteiger partial charge in [0.25, 0.3) is 0 Å². The van der Waals surface area contributed by atoms with E-state index in [9.17, 15) is 13.2 Å². The maximum Gasteiger partial charge on any atom is -0.147 e. The fraction of sp³-hybridized carbons (Fsp3) is 0.136. The molecular formula is C22H20Cl2CrF5NSi. The van der Waals surface area contributed by atoms with Crippen LogP contribution in [0.5, 0.6) is 0 Å². The zero-order valence-corrected chi connectivity index (χ0v) is 21.1. The van der Waals surface area contributed by atoms with Gasteiger partial charge in [0, 0.05) is 0 Å². The number of fused-ring (bicyclic) bond motifs is 1. The van der Waals surface area contributed by atoms with Gasteiger partial charge in [-0.1, -0.05) is 0 Å². The van der Waals surface area contributed by atoms with E-state index >= 15 is 8.78 Å². The minimum atomic E-state index is -3.81. The van der Waals surface area contributed by atoms with Crippen molar-refractivity contribution in [2.24, 2.45) is 0 Å². The maximum atomic E-state index is 15.3. The molecule has 0 fully saturated rings. The number of nitrogens with zero attached hydrogens (tertiary/aromatic N) is 1. The van der Waals surface area contributed by atoms with Gasteiger partial charge in [-0.3, -0.25) is 0 Å². The van der Waals surface area contributed by atoms with Crippen LogP contribution in [0.1, 0.15) is 6.42 Å². The molecule has 172 valence electrons. The van der Waals surface area contributed by atoms with Crippen LogP contribution in [0.4, 0.5) is 22.0 Å². The Morgan fingerprint density at radius 2 is 1.44 bits per heavy atom. The van der Waals surface area contributed by atoms with Crippen molar-refractivity contribution in [3.05, 3.63) is 88.3 Å². The Kier molecular flexibility index (Phi) is 8.35. The summed E-state index contributed by atoms with van der Waals surface area (Å²) in [5.74, 6) is -9.33. The van der Waals surface area contributed by atoms with E-state index in [-0.39, 0.29) is 24.8 Å². The van der Waals surface area contributed by atoms with E-state index in [0.29, 0.717) is 16.4 Å². The molecule has 0 spiro atoms. The molecule has 32 heavy (non-hydrogen) atoms. The van der Waals surface area contributed by atoms with Crippen LogP contribution >= 0.6 is 24.8 Å². The van der Waals surface area contributed by atoms with Crippen LogP contribution in [0.2, 0.25) is 13.1 Å². The molecule has 0 amide bonds. The molecule has 0 saturated carbocycles. The molecule has 10 heteroatoms. The molecule has 0 bridgehead atoms. The average Bonchev–Trinajstić information content (AvgIpc) is 3.28. The van der Waals surface area contributed by atoms with Crippen LogP contribution in [0.25, 0.3) is 10.9 Å². The summed E-state index contributed by atoms with van der Waals surface area (Å²) in [6, 6.07) is 8.92. The minimum Gasteiger partial charge on any atom is -0.147 e. The number of aromatic nitrogens is 1. The molecule has 0 saturated heterocycles. The Morgan fingerprint density at radius 3 is 2.00 bits per heavy atom. The zero-order chi connectivity index (χ0) is 21.6. The molecule has 2 aromatic carbocycles. The molecule has 4 rings (SSSR count). The van der Waals surface area contributed by atoms with Gasteiger partial charge in [0.1, 0.15) is 0 Å². The predicted octanol–water partition coefficient (Wildman–Crippen LogP) is 5.71. The van der Waals surface area contributed by atoms with E-state index in [4.69, 9.17) is 0 Å². The van der Waals surface area contributed by atoms with Gasteiger partial charge in [0.15, 0.2) is 0 Å². The quantitative estimate of drug-likeness (QED) is 0.178. The standard InChI is InChI=1S/C9H6N.C6F5.C5H5.C2H7Si.2ClH.Cr/c1-2-6-9-8(4-1)5-3-7-10-9;7-2-1-3(8)5(10)6(11)4(2)9;1-2-4-5-3-1;1-3-2;;;/h1-5,7H;;1-3H,4H2;3H,1-2H3;2*1H;. The van der Waals surface area contributed by atoms with Crippen molar-refractivity contribution in [3.8, 4) is 0 Å². The van der Waals surface area contributed by atoms with Gasteiger partial charge in [-0.05, 0) is 0 Å². The van der Waals surface area contributed by atoms with E-state index < -0.39 is 53.3 Å². The molecule has 0 radical (unpaired) electrons. The number of para-hydroxylation sites is 1. The van der Waals surface area contributed by atoms with Crippen molar-refractivity contribution < 1.29 is 34.4 Å². The summed E-state index contributed by atoms with van der Waals surface area (Å²) in [6.07, 6.45) is 7.42. The molecule has 1 unspecified atom stereocenters. The Hall–Kier alpha value is -1.69. The van der Waals surface area contributed by atoms with Crippen LogP contribution in [0, 0.1) is 29.1 Å². The molecular weight excluding hydrogens is 524 g/mol. The summed E-state index contributed by atoms with van der Waals surface area (Å²) in [5.41, 5.74) is 0.554. The van der Waals surface area contributed by atoms with Crippen molar-refractivity contribution >= 4 is 51.9 Å². The minimum absolute atomic E-state index is 0. The monoisotopic (exact) mass is 543 g/mol. The van der Waals surface area contributed by atoms with Gasteiger partial charge >= 0.3 is 174 Å². The second-order valence-electron chi connectivity index (χ2n) is 7.20. The number of pyridine rings is 1. The molecule has 0 N–H and O–H groups in total. The summed E-state index contributed by atoms with van der Waals surface area (Å²) in [4.78, 5) is 4.46. The first-order valence-corrected chi connectivity index (χ1v) is 16.2. The van der Waals surface area contributed by atoms with E-state index in [1.54, 1.807) is 36.5 Å². The number of benzene rings is 2. The van der Waals surface area contributed by atoms with E-state index in [1.807, 2.05) is 31.3 Å². The van der Waals surface area contributed by atoms with Gasteiger partial charge in [-0.25, -0.2) is 0 Å². The van der Waals surface area contributed by atoms with Gasteiger partial charge in [0.05, 0.1) is 0 Å². The molecule has 1 nitrogen and oxygen atoms in total. The number of rotatable bonds is 4. The summed E-state index contributed by atoms with van der Waals surface area (Å²) >= 11 is -3.81. The fourth-order valence-electron chi connectivity index (χ4n) is 4.04. The number of allylic oxidation sites excluding steroid dienone is 4. The van der Waals surface area contributed by atoms with Gasteiger partial charge in [-0.2, -0.15) is 0 Å². The zero-order valence-electron chi connectivity index (χ0n) is 17.0. The predicted molar refractivity (Wildman–Crippen MR) is 122 cm³/mol. The topological polar surface area (TPSA) is 12.9 Å². The number of hydrogen-bond donors (Lipinski definition) is 0. The summed E-state index contributed by atoms with van der Waals surface area (Å²) in [6.45, 7) is 3.83. The third-order valence-electron chi connectivity index (χ3n) is 5.29. The number of halogens is 7. The second kappa shape index (κ2) is 10.1. The Balaban J connectivity index is 0.00000181. The van der Waals surface area contributed by atoms with Crippen LogP contribution in [-0.2, 0) is 12.4 Å².